The topological polar surface area (TPSA) is 98.7 Å². The number of fused-ring (bicyclic) bond motifs is 1. The van der Waals surface area contributed by atoms with Crippen LogP contribution in [-0.4, -0.2) is 25.7 Å². The molecule has 1 amide bonds. The van der Waals surface area contributed by atoms with Crippen molar-refractivity contribution in [3.63, 3.8) is 0 Å². The number of rotatable bonds is 5. The molecule has 3 aromatic heterocycles. The molecule has 0 radical (unpaired) electrons. The Morgan fingerprint density at radius 1 is 1.14 bits per heavy atom. The second-order valence-electron chi connectivity index (χ2n) is 7.05. The molecule has 0 atom stereocenters. The zero-order valence-electron chi connectivity index (χ0n) is 16.4. The number of benzene rings is 1. The van der Waals surface area contributed by atoms with Crippen molar-refractivity contribution in [1.82, 2.24) is 25.1 Å². The lowest BCUT2D eigenvalue weighted by molar-refractivity contribution is 0.0950. The summed E-state index contributed by atoms with van der Waals surface area (Å²) in [5.74, 6) is 0.366. The van der Waals surface area contributed by atoms with Gasteiger partial charge in [0.25, 0.3) is 5.91 Å². The molecule has 0 unspecified atom stereocenters. The maximum absolute atomic E-state index is 12.6. The highest BCUT2D eigenvalue weighted by atomic mass is 16.1. The van der Waals surface area contributed by atoms with Crippen LogP contribution in [0, 0.1) is 13.8 Å². The number of hydrogen-bond acceptors (Lipinski definition) is 5. The number of carbonyl (C=O) groups is 1. The first-order valence-corrected chi connectivity index (χ1v) is 9.36. The summed E-state index contributed by atoms with van der Waals surface area (Å²) in [7, 11) is 0. The van der Waals surface area contributed by atoms with E-state index in [1.165, 1.54) is 0 Å². The van der Waals surface area contributed by atoms with Gasteiger partial charge in [0.05, 0.1) is 18.3 Å². The smallest absolute Gasteiger partial charge is 0.254 e. The van der Waals surface area contributed by atoms with Crippen LogP contribution in [0.1, 0.15) is 32.6 Å². The summed E-state index contributed by atoms with van der Waals surface area (Å²) in [4.78, 5) is 20.8. The Hall–Kier alpha value is -3.74. The lowest BCUT2D eigenvalue weighted by Gasteiger charge is -2.14. The van der Waals surface area contributed by atoms with Gasteiger partial charge in [-0.15, -0.1) is 0 Å². The van der Waals surface area contributed by atoms with E-state index in [9.17, 15) is 4.79 Å². The second-order valence-corrected chi connectivity index (χ2v) is 7.05. The van der Waals surface area contributed by atoms with Crippen LogP contribution in [0.15, 0.2) is 55.2 Å². The predicted molar refractivity (Wildman–Crippen MR) is 112 cm³/mol. The van der Waals surface area contributed by atoms with Gasteiger partial charge in [-0.3, -0.25) is 14.5 Å². The highest BCUT2D eigenvalue weighted by Crippen LogP contribution is 2.27. The standard InChI is InChI=1S/C22H22N6O/c1-14-9-19-18(5-8-25-21(19)23)15(2)20(14)11-26-22(29)17-10-27-28(13-17)12-16-3-6-24-7-4-16/h3-10,13H,11-12H2,1-2H3,(H2,23,25)(H,26,29). The lowest BCUT2D eigenvalue weighted by Crippen LogP contribution is -2.23. The van der Waals surface area contributed by atoms with Gasteiger partial charge in [-0.05, 0) is 65.8 Å². The summed E-state index contributed by atoms with van der Waals surface area (Å²) in [6.07, 6.45) is 8.53. The van der Waals surface area contributed by atoms with Gasteiger partial charge in [-0.2, -0.15) is 5.10 Å². The van der Waals surface area contributed by atoms with Crippen LogP contribution >= 0.6 is 0 Å². The molecule has 0 aliphatic rings. The minimum Gasteiger partial charge on any atom is -0.383 e. The van der Waals surface area contributed by atoms with Gasteiger partial charge in [0.15, 0.2) is 0 Å². The van der Waals surface area contributed by atoms with E-state index in [0.717, 1.165) is 33.0 Å². The minimum atomic E-state index is -0.154. The molecule has 0 aliphatic heterocycles. The zero-order valence-corrected chi connectivity index (χ0v) is 16.4. The molecule has 29 heavy (non-hydrogen) atoms. The van der Waals surface area contributed by atoms with E-state index in [-0.39, 0.29) is 5.91 Å². The number of anilines is 1. The van der Waals surface area contributed by atoms with Crippen LogP contribution in [0.5, 0.6) is 0 Å². The maximum atomic E-state index is 12.6. The fourth-order valence-electron chi connectivity index (χ4n) is 3.52. The first-order chi connectivity index (χ1) is 14.0. The molecule has 0 saturated carbocycles. The van der Waals surface area contributed by atoms with Crippen LogP contribution in [0.4, 0.5) is 5.82 Å². The molecule has 0 fully saturated rings. The van der Waals surface area contributed by atoms with E-state index in [4.69, 9.17) is 5.73 Å². The van der Waals surface area contributed by atoms with Gasteiger partial charge in [0.1, 0.15) is 5.82 Å². The Labute approximate surface area is 168 Å². The minimum absolute atomic E-state index is 0.154. The van der Waals surface area contributed by atoms with E-state index in [2.05, 4.69) is 20.4 Å². The molecular weight excluding hydrogens is 364 g/mol. The number of nitrogens with zero attached hydrogens (tertiary/aromatic N) is 4. The largest absolute Gasteiger partial charge is 0.383 e. The number of amides is 1. The highest BCUT2D eigenvalue weighted by molar-refractivity contribution is 5.95. The summed E-state index contributed by atoms with van der Waals surface area (Å²) in [5.41, 5.74) is 10.9. The molecule has 3 heterocycles. The number of nitrogens with one attached hydrogen (secondary N) is 1. The van der Waals surface area contributed by atoms with Crippen LogP contribution in [-0.2, 0) is 13.1 Å². The summed E-state index contributed by atoms with van der Waals surface area (Å²) in [6.45, 7) is 5.09. The average Bonchev–Trinajstić information content (AvgIpc) is 3.18. The summed E-state index contributed by atoms with van der Waals surface area (Å²) >= 11 is 0. The second kappa shape index (κ2) is 7.71. The van der Waals surface area contributed by atoms with Crippen LogP contribution in [0.25, 0.3) is 10.8 Å². The zero-order chi connectivity index (χ0) is 20.4. The SMILES string of the molecule is Cc1cc2c(N)nccc2c(C)c1CNC(=O)c1cnn(Cc2ccncc2)c1. The van der Waals surface area contributed by atoms with E-state index >= 15 is 0 Å². The first kappa shape index (κ1) is 18.6. The van der Waals surface area contributed by atoms with E-state index in [1.54, 1.807) is 35.7 Å². The van der Waals surface area contributed by atoms with Crippen molar-refractivity contribution in [3.8, 4) is 0 Å². The van der Waals surface area contributed by atoms with Gasteiger partial charge in [-0.1, -0.05) is 0 Å². The average molecular weight is 386 g/mol. The van der Waals surface area contributed by atoms with Gasteiger partial charge in [0, 0.05) is 36.7 Å². The third kappa shape index (κ3) is 3.80. The molecule has 4 aromatic rings. The summed E-state index contributed by atoms with van der Waals surface area (Å²) in [6, 6.07) is 7.83. The molecule has 146 valence electrons. The first-order valence-electron chi connectivity index (χ1n) is 9.36. The third-order valence-corrected chi connectivity index (χ3v) is 5.13. The molecule has 7 nitrogen and oxygen atoms in total. The summed E-state index contributed by atoms with van der Waals surface area (Å²) in [5, 5.41) is 9.29. The van der Waals surface area contributed by atoms with Crippen LogP contribution in [0.3, 0.4) is 0 Å². The van der Waals surface area contributed by atoms with E-state index in [0.29, 0.717) is 24.5 Å². The number of aromatic nitrogens is 4. The monoisotopic (exact) mass is 386 g/mol. The quantitative estimate of drug-likeness (QED) is 0.549. The molecule has 0 bridgehead atoms. The Morgan fingerprint density at radius 2 is 1.93 bits per heavy atom. The van der Waals surface area contributed by atoms with Crippen molar-refractivity contribution in [2.75, 3.05) is 5.73 Å². The number of carbonyl (C=O) groups excluding carboxylic acids is 1. The van der Waals surface area contributed by atoms with Crippen molar-refractivity contribution < 1.29 is 4.79 Å². The van der Waals surface area contributed by atoms with Crippen molar-refractivity contribution in [3.05, 3.63) is 83.1 Å². The van der Waals surface area contributed by atoms with E-state index in [1.807, 2.05) is 38.1 Å². The normalized spacial score (nSPS) is 11.0. The molecule has 0 saturated heterocycles. The Morgan fingerprint density at radius 3 is 2.72 bits per heavy atom. The maximum Gasteiger partial charge on any atom is 0.254 e. The van der Waals surface area contributed by atoms with Gasteiger partial charge in [0.2, 0.25) is 0 Å². The van der Waals surface area contributed by atoms with Crippen LogP contribution < -0.4 is 11.1 Å². The molecule has 1 aromatic carbocycles. The summed E-state index contributed by atoms with van der Waals surface area (Å²) < 4.78 is 1.74. The lowest BCUT2D eigenvalue weighted by atomic mass is 9.96. The Balaban J connectivity index is 1.49. The molecule has 0 spiro atoms. The van der Waals surface area contributed by atoms with E-state index < -0.39 is 0 Å². The van der Waals surface area contributed by atoms with Gasteiger partial charge < -0.3 is 11.1 Å². The van der Waals surface area contributed by atoms with Crippen molar-refractivity contribution >= 4 is 22.5 Å². The van der Waals surface area contributed by atoms with Crippen molar-refractivity contribution in [2.24, 2.45) is 0 Å². The predicted octanol–water partition coefficient (Wildman–Crippen LogP) is 3.00. The molecule has 7 heteroatoms. The Bertz CT molecular complexity index is 1180. The highest BCUT2D eigenvalue weighted by Gasteiger charge is 2.13. The van der Waals surface area contributed by atoms with Gasteiger partial charge >= 0.3 is 0 Å². The molecule has 0 aliphatic carbocycles. The number of aryl methyl sites for hydroxylation is 2. The fourth-order valence-corrected chi connectivity index (χ4v) is 3.52. The van der Waals surface area contributed by atoms with Gasteiger partial charge in [-0.25, -0.2) is 4.98 Å². The molecular formula is C22H22N6O. The van der Waals surface area contributed by atoms with Crippen LogP contribution in [0.2, 0.25) is 0 Å². The fraction of sp³-hybridized carbons (Fsp3) is 0.182. The number of hydrogen-bond donors (Lipinski definition) is 2. The third-order valence-electron chi connectivity index (χ3n) is 5.13. The number of nitrogen functional groups attached to an aromatic ring is 1. The molecule has 4 rings (SSSR count). The van der Waals surface area contributed by atoms with Crippen molar-refractivity contribution in [2.45, 2.75) is 26.9 Å². The number of nitrogens with two attached hydrogens (primary N) is 1. The molecule has 3 N–H and O–H groups in total. The Kier molecular flexibility index (Phi) is 4.95. The number of pyridine rings is 2. The van der Waals surface area contributed by atoms with Crippen molar-refractivity contribution in [1.29, 1.82) is 0 Å².